The molecule has 1 amide bonds. The number of methoxy groups -OCH3 is 1. The molecule has 3 aromatic rings. The maximum Gasteiger partial charge on any atom is 0.338 e. The summed E-state index contributed by atoms with van der Waals surface area (Å²) in [6.45, 7) is 1.07. The Morgan fingerprint density at radius 2 is 1.83 bits per heavy atom. The van der Waals surface area contributed by atoms with Crippen molar-refractivity contribution >= 4 is 23.2 Å². The SMILES string of the molecule is COC(=O)c1ccccc1C(=O)N1CCC[C@@H](c2nnc(-c3ccccc3F)s2)C1. The molecule has 0 radical (unpaired) electrons. The van der Waals surface area contributed by atoms with Gasteiger partial charge in [0.05, 0.1) is 18.2 Å². The van der Waals surface area contributed by atoms with Gasteiger partial charge in [0.2, 0.25) is 0 Å². The van der Waals surface area contributed by atoms with Crippen molar-refractivity contribution in [2.75, 3.05) is 20.2 Å². The number of benzene rings is 2. The molecule has 2 heterocycles. The summed E-state index contributed by atoms with van der Waals surface area (Å²) in [6, 6.07) is 13.1. The molecule has 4 rings (SSSR count). The Morgan fingerprint density at radius 3 is 2.60 bits per heavy atom. The van der Waals surface area contributed by atoms with Crippen molar-refractivity contribution in [3.05, 3.63) is 70.5 Å². The predicted molar refractivity (Wildman–Crippen MR) is 111 cm³/mol. The quantitative estimate of drug-likeness (QED) is 0.587. The Labute approximate surface area is 177 Å². The topological polar surface area (TPSA) is 72.4 Å². The van der Waals surface area contributed by atoms with Gasteiger partial charge in [0, 0.05) is 24.6 Å². The van der Waals surface area contributed by atoms with Gasteiger partial charge in [0.1, 0.15) is 10.8 Å². The van der Waals surface area contributed by atoms with Crippen LogP contribution in [-0.4, -0.2) is 47.2 Å². The third kappa shape index (κ3) is 3.95. The number of amides is 1. The molecule has 0 saturated carbocycles. The molecular formula is C22H20FN3O3S. The van der Waals surface area contributed by atoms with Crippen LogP contribution in [0.4, 0.5) is 4.39 Å². The normalized spacial score (nSPS) is 16.3. The van der Waals surface area contributed by atoms with Gasteiger partial charge in [-0.1, -0.05) is 35.6 Å². The van der Waals surface area contributed by atoms with Crippen LogP contribution < -0.4 is 0 Å². The van der Waals surface area contributed by atoms with Crippen molar-refractivity contribution in [1.29, 1.82) is 0 Å². The van der Waals surface area contributed by atoms with Crippen molar-refractivity contribution < 1.29 is 18.7 Å². The van der Waals surface area contributed by atoms with Crippen LogP contribution in [0.5, 0.6) is 0 Å². The van der Waals surface area contributed by atoms with E-state index in [0.717, 1.165) is 17.8 Å². The second kappa shape index (κ2) is 8.71. The average molecular weight is 425 g/mol. The molecule has 2 aromatic carbocycles. The van der Waals surface area contributed by atoms with Gasteiger partial charge in [-0.2, -0.15) is 0 Å². The van der Waals surface area contributed by atoms with Crippen LogP contribution in [0.15, 0.2) is 48.5 Å². The first-order valence-electron chi connectivity index (χ1n) is 9.63. The molecule has 30 heavy (non-hydrogen) atoms. The molecule has 6 nitrogen and oxygen atoms in total. The third-order valence-corrected chi connectivity index (χ3v) is 6.28. The zero-order chi connectivity index (χ0) is 21.1. The zero-order valence-electron chi connectivity index (χ0n) is 16.4. The van der Waals surface area contributed by atoms with Crippen LogP contribution >= 0.6 is 11.3 Å². The van der Waals surface area contributed by atoms with Gasteiger partial charge in [0.25, 0.3) is 5.91 Å². The Hall–Kier alpha value is -3.13. The van der Waals surface area contributed by atoms with Gasteiger partial charge in [0.15, 0.2) is 5.01 Å². The summed E-state index contributed by atoms with van der Waals surface area (Å²) in [4.78, 5) is 26.9. The number of carbonyl (C=O) groups excluding carboxylic acids is 2. The van der Waals surface area contributed by atoms with Crippen LogP contribution in [0, 0.1) is 5.82 Å². The number of rotatable bonds is 4. The molecule has 0 spiro atoms. The minimum absolute atomic E-state index is 0.0195. The van der Waals surface area contributed by atoms with Crippen molar-refractivity contribution in [2.45, 2.75) is 18.8 Å². The second-order valence-corrected chi connectivity index (χ2v) is 8.06. The number of piperidine rings is 1. The summed E-state index contributed by atoms with van der Waals surface area (Å²) in [5.74, 6) is -1.06. The number of nitrogens with zero attached hydrogens (tertiary/aromatic N) is 3. The first kappa shape index (κ1) is 20.2. The van der Waals surface area contributed by atoms with Crippen molar-refractivity contribution in [3.8, 4) is 10.6 Å². The molecule has 0 N–H and O–H groups in total. The molecular weight excluding hydrogens is 405 g/mol. The summed E-state index contributed by atoms with van der Waals surface area (Å²) < 4.78 is 18.9. The largest absolute Gasteiger partial charge is 0.465 e. The number of halogens is 1. The molecule has 0 unspecified atom stereocenters. The highest BCUT2D eigenvalue weighted by atomic mass is 32.1. The number of aromatic nitrogens is 2. The Kier molecular flexibility index (Phi) is 5.85. The third-order valence-electron chi connectivity index (χ3n) is 5.17. The van der Waals surface area contributed by atoms with E-state index >= 15 is 0 Å². The summed E-state index contributed by atoms with van der Waals surface area (Å²) in [6.07, 6.45) is 1.68. The fourth-order valence-electron chi connectivity index (χ4n) is 3.63. The van der Waals surface area contributed by atoms with Crippen molar-refractivity contribution in [2.24, 2.45) is 0 Å². The van der Waals surface area contributed by atoms with Gasteiger partial charge >= 0.3 is 5.97 Å². The first-order valence-corrected chi connectivity index (χ1v) is 10.4. The van der Waals surface area contributed by atoms with E-state index in [-0.39, 0.29) is 23.2 Å². The number of hydrogen-bond acceptors (Lipinski definition) is 6. The molecule has 1 atom stereocenters. The first-order chi connectivity index (χ1) is 14.6. The van der Waals surface area contributed by atoms with Crippen LogP contribution in [0.25, 0.3) is 10.6 Å². The highest BCUT2D eigenvalue weighted by Crippen LogP contribution is 2.34. The van der Waals surface area contributed by atoms with Crippen LogP contribution in [-0.2, 0) is 4.74 Å². The molecule has 0 bridgehead atoms. The van der Waals surface area contributed by atoms with E-state index < -0.39 is 5.97 Å². The molecule has 8 heteroatoms. The van der Waals surface area contributed by atoms with Gasteiger partial charge < -0.3 is 9.64 Å². The van der Waals surface area contributed by atoms with Gasteiger partial charge in [-0.25, -0.2) is 9.18 Å². The van der Waals surface area contributed by atoms with Crippen LogP contribution in [0.2, 0.25) is 0 Å². The number of ether oxygens (including phenoxy) is 1. The molecule has 1 saturated heterocycles. The average Bonchev–Trinajstić information content (AvgIpc) is 3.28. The lowest BCUT2D eigenvalue weighted by Gasteiger charge is -2.32. The molecule has 154 valence electrons. The maximum atomic E-state index is 14.1. The Bertz CT molecular complexity index is 1080. The summed E-state index contributed by atoms with van der Waals surface area (Å²) in [5, 5.41) is 9.75. The van der Waals surface area contributed by atoms with Gasteiger partial charge in [-0.05, 0) is 37.1 Å². The smallest absolute Gasteiger partial charge is 0.338 e. The van der Waals surface area contributed by atoms with Crippen molar-refractivity contribution in [1.82, 2.24) is 15.1 Å². The molecule has 0 aliphatic carbocycles. The number of likely N-dealkylation sites (tertiary alicyclic amines) is 1. The summed E-state index contributed by atoms with van der Waals surface area (Å²) >= 11 is 1.35. The lowest BCUT2D eigenvalue weighted by molar-refractivity contribution is 0.0586. The minimum atomic E-state index is -0.536. The lowest BCUT2D eigenvalue weighted by Crippen LogP contribution is -2.39. The number of carbonyl (C=O) groups is 2. The van der Waals surface area contributed by atoms with Crippen molar-refractivity contribution in [3.63, 3.8) is 0 Å². The molecule has 1 fully saturated rings. The Balaban J connectivity index is 1.54. The zero-order valence-corrected chi connectivity index (χ0v) is 17.2. The molecule has 1 aliphatic heterocycles. The number of hydrogen-bond donors (Lipinski definition) is 0. The Morgan fingerprint density at radius 1 is 1.10 bits per heavy atom. The standard InChI is InChI=1S/C22H20FN3O3S/c1-29-22(28)16-9-3-2-8-15(16)21(27)26-12-6-7-14(13-26)19-24-25-20(30-19)17-10-4-5-11-18(17)23/h2-5,8-11,14H,6-7,12-13H2,1H3/t14-/m1/s1. The highest BCUT2D eigenvalue weighted by molar-refractivity contribution is 7.14. The van der Waals surface area contributed by atoms with E-state index in [4.69, 9.17) is 4.74 Å². The van der Waals surface area contributed by atoms with E-state index in [9.17, 15) is 14.0 Å². The lowest BCUT2D eigenvalue weighted by atomic mass is 9.97. The summed E-state index contributed by atoms with van der Waals surface area (Å²) in [5.41, 5.74) is 1.01. The van der Waals surface area contributed by atoms with Gasteiger partial charge in [-0.3, -0.25) is 4.79 Å². The van der Waals surface area contributed by atoms with E-state index in [1.54, 1.807) is 47.4 Å². The van der Waals surface area contributed by atoms with Gasteiger partial charge in [-0.15, -0.1) is 10.2 Å². The monoisotopic (exact) mass is 425 g/mol. The van der Waals surface area contributed by atoms with E-state index in [1.165, 1.54) is 24.5 Å². The van der Waals surface area contributed by atoms with Crippen LogP contribution in [0.1, 0.15) is 44.5 Å². The minimum Gasteiger partial charge on any atom is -0.465 e. The highest BCUT2D eigenvalue weighted by Gasteiger charge is 2.30. The fourth-order valence-corrected chi connectivity index (χ4v) is 4.63. The molecule has 1 aromatic heterocycles. The molecule has 1 aliphatic rings. The fraction of sp³-hybridized carbons (Fsp3) is 0.273. The second-order valence-electron chi connectivity index (χ2n) is 7.05. The summed E-state index contributed by atoms with van der Waals surface area (Å²) in [7, 11) is 1.29. The van der Waals surface area contributed by atoms with E-state index in [1.807, 2.05) is 0 Å². The van der Waals surface area contributed by atoms with E-state index in [2.05, 4.69) is 10.2 Å². The van der Waals surface area contributed by atoms with Crippen LogP contribution in [0.3, 0.4) is 0 Å². The number of esters is 1. The predicted octanol–water partition coefficient (Wildman–Crippen LogP) is 4.15. The maximum absolute atomic E-state index is 14.1. The van der Waals surface area contributed by atoms with E-state index in [0.29, 0.717) is 29.2 Å².